The molecule has 2 heterocycles. The lowest BCUT2D eigenvalue weighted by Gasteiger charge is -2.25. The van der Waals surface area contributed by atoms with Crippen molar-refractivity contribution in [3.05, 3.63) is 65.5 Å². The molecule has 3 N–H and O–H groups in total. The topological polar surface area (TPSA) is 71.2 Å². The molecule has 1 amide bonds. The molecule has 1 aliphatic heterocycles. The van der Waals surface area contributed by atoms with Crippen LogP contribution in [0.15, 0.2) is 48.8 Å². The number of hydrogen-bond donors (Lipinski definition) is 2. The summed E-state index contributed by atoms with van der Waals surface area (Å²) in [5.41, 5.74) is 8.28. The molecule has 24 heavy (non-hydrogen) atoms. The normalized spacial score (nSPS) is 17.3. The minimum atomic E-state index is -0.384. The number of nitrogens with one attached hydrogen (secondary N) is 1. The molecule has 0 saturated carbocycles. The molecule has 1 saturated heterocycles. The van der Waals surface area contributed by atoms with Crippen LogP contribution in [0.2, 0.25) is 0 Å². The van der Waals surface area contributed by atoms with E-state index in [1.165, 1.54) is 17.5 Å². The third kappa shape index (κ3) is 4.63. The highest BCUT2D eigenvalue weighted by atomic mass is 16.1. The van der Waals surface area contributed by atoms with Crippen LogP contribution in [0.4, 0.5) is 0 Å². The van der Waals surface area contributed by atoms with Crippen molar-refractivity contribution in [3.63, 3.8) is 0 Å². The van der Waals surface area contributed by atoms with E-state index in [0.717, 1.165) is 32.7 Å². The van der Waals surface area contributed by atoms with Crippen LogP contribution in [0.1, 0.15) is 27.9 Å². The van der Waals surface area contributed by atoms with Crippen molar-refractivity contribution < 1.29 is 4.79 Å². The smallest absolute Gasteiger partial charge is 0.248 e. The Morgan fingerprint density at radius 2 is 2.00 bits per heavy atom. The van der Waals surface area contributed by atoms with Gasteiger partial charge in [0.15, 0.2) is 0 Å². The lowest BCUT2D eigenvalue weighted by atomic mass is 10.1. The first-order valence-electron chi connectivity index (χ1n) is 8.41. The molecule has 1 aromatic carbocycles. The van der Waals surface area contributed by atoms with E-state index in [9.17, 15) is 4.79 Å². The monoisotopic (exact) mass is 324 g/mol. The molecule has 0 radical (unpaired) electrons. The van der Waals surface area contributed by atoms with Gasteiger partial charge in [0, 0.05) is 37.6 Å². The number of carbonyl (C=O) groups is 1. The number of nitrogens with two attached hydrogens (primary N) is 1. The Morgan fingerprint density at radius 1 is 1.21 bits per heavy atom. The summed E-state index contributed by atoms with van der Waals surface area (Å²) in [6.45, 7) is 4.98. The van der Waals surface area contributed by atoms with Crippen LogP contribution < -0.4 is 11.1 Å². The van der Waals surface area contributed by atoms with Crippen LogP contribution in [0.5, 0.6) is 0 Å². The summed E-state index contributed by atoms with van der Waals surface area (Å²) in [5.74, 6) is 0.303. The van der Waals surface area contributed by atoms with E-state index in [2.05, 4.69) is 21.3 Å². The Bertz CT molecular complexity index is 651. The fourth-order valence-electron chi connectivity index (χ4n) is 3.20. The van der Waals surface area contributed by atoms with Gasteiger partial charge in [0.1, 0.15) is 0 Å². The number of aromatic nitrogens is 1. The Morgan fingerprint density at radius 3 is 2.62 bits per heavy atom. The van der Waals surface area contributed by atoms with Crippen molar-refractivity contribution in [1.82, 2.24) is 15.2 Å². The number of nitrogens with zero attached hydrogens (tertiary/aromatic N) is 2. The van der Waals surface area contributed by atoms with Crippen molar-refractivity contribution in [2.24, 2.45) is 11.7 Å². The highest BCUT2D eigenvalue weighted by Crippen LogP contribution is 2.16. The lowest BCUT2D eigenvalue weighted by Crippen LogP contribution is -2.30. The van der Waals surface area contributed by atoms with Gasteiger partial charge in [-0.1, -0.05) is 18.2 Å². The van der Waals surface area contributed by atoms with Gasteiger partial charge in [-0.25, -0.2) is 0 Å². The fourth-order valence-corrected chi connectivity index (χ4v) is 3.20. The summed E-state index contributed by atoms with van der Waals surface area (Å²) in [7, 11) is 0. The zero-order chi connectivity index (χ0) is 16.8. The van der Waals surface area contributed by atoms with E-state index in [1.54, 1.807) is 18.3 Å². The maximum Gasteiger partial charge on any atom is 0.248 e. The predicted molar refractivity (Wildman–Crippen MR) is 94.3 cm³/mol. The van der Waals surface area contributed by atoms with Gasteiger partial charge in [-0.15, -0.1) is 0 Å². The number of pyridine rings is 1. The summed E-state index contributed by atoms with van der Waals surface area (Å²) in [6, 6.07) is 11.7. The molecule has 1 aliphatic rings. The molecular formula is C19H24N4O. The Kier molecular flexibility index (Phi) is 5.56. The molecule has 0 bridgehead atoms. The zero-order valence-electron chi connectivity index (χ0n) is 13.8. The van der Waals surface area contributed by atoms with E-state index in [1.807, 2.05) is 24.4 Å². The molecule has 0 spiro atoms. The standard InChI is InChI=1S/C19H24N4O/c20-19(24)18-5-3-15(4-6-18)12-23(14-17-7-9-22-11-17)13-16-2-1-8-21-10-16/h1-6,8,10,17,22H,7,9,11-14H2,(H2,20,24). The highest BCUT2D eigenvalue weighted by molar-refractivity contribution is 5.92. The molecule has 3 rings (SSSR count). The van der Waals surface area contributed by atoms with Crippen LogP contribution in [0, 0.1) is 5.92 Å². The van der Waals surface area contributed by atoms with Crippen molar-refractivity contribution in [3.8, 4) is 0 Å². The number of hydrogen-bond acceptors (Lipinski definition) is 4. The summed E-state index contributed by atoms with van der Waals surface area (Å²) in [5, 5.41) is 3.43. The highest BCUT2D eigenvalue weighted by Gasteiger charge is 2.18. The molecule has 5 nitrogen and oxygen atoms in total. The third-order valence-electron chi connectivity index (χ3n) is 4.45. The van der Waals surface area contributed by atoms with Gasteiger partial charge in [0.25, 0.3) is 0 Å². The molecule has 0 aliphatic carbocycles. The first-order chi connectivity index (χ1) is 11.7. The van der Waals surface area contributed by atoms with E-state index in [4.69, 9.17) is 5.73 Å². The number of primary amides is 1. The summed E-state index contributed by atoms with van der Waals surface area (Å²) in [4.78, 5) is 17.9. The Balaban J connectivity index is 1.69. The SMILES string of the molecule is NC(=O)c1ccc(CN(Cc2cccnc2)CC2CCNC2)cc1. The average molecular weight is 324 g/mol. The largest absolute Gasteiger partial charge is 0.366 e. The zero-order valence-corrected chi connectivity index (χ0v) is 13.8. The molecule has 1 atom stereocenters. The average Bonchev–Trinajstić information content (AvgIpc) is 3.09. The maximum atomic E-state index is 11.2. The minimum Gasteiger partial charge on any atom is -0.366 e. The summed E-state index contributed by atoms with van der Waals surface area (Å²) >= 11 is 0. The lowest BCUT2D eigenvalue weighted by molar-refractivity contribution is 0.100. The number of carbonyl (C=O) groups excluding carboxylic acids is 1. The van der Waals surface area contributed by atoms with Gasteiger partial charge >= 0.3 is 0 Å². The van der Waals surface area contributed by atoms with Gasteiger partial charge in [-0.2, -0.15) is 0 Å². The molecule has 2 aromatic rings. The Hall–Kier alpha value is -2.24. The van der Waals surface area contributed by atoms with E-state index >= 15 is 0 Å². The molecule has 1 aromatic heterocycles. The molecule has 5 heteroatoms. The van der Waals surface area contributed by atoms with Gasteiger partial charge in [0.2, 0.25) is 5.91 Å². The van der Waals surface area contributed by atoms with Crippen LogP contribution in [-0.2, 0) is 13.1 Å². The second-order valence-electron chi connectivity index (χ2n) is 6.45. The molecule has 126 valence electrons. The van der Waals surface area contributed by atoms with E-state index < -0.39 is 0 Å². The van der Waals surface area contributed by atoms with Crippen LogP contribution in [-0.4, -0.2) is 35.4 Å². The number of amides is 1. The summed E-state index contributed by atoms with van der Waals surface area (Å²) < 4.78 is 0. The molecular weight excluding hydrogens is 300 g/mol. The van der Waals surface area contributed by atoms with Gasteiger partial charge in [-0.3, -0.25) is 14.7 Å². The van der Waals surface area contributed by atoms with E-state index in [0.29, 0.717) is 11.5 Å². The third-order valence-corrected chi connectivity index (χ3v) is 4.45. The van der Waals surface area contributed by atoms with Crippen LogP contribution in [0.3, 0.4) is 0 Å². The summed E-state index contributed by atoms with van der Waals surface area (Å²) in [6.07, 6.45) is 4.96. The van der Waals surface area contributed by atoms with Crippen molar-refractivity contribution >= 4 is 5.91 Å². The van der Waals surface area contributed by atoms with Gasteiger partial charge in [-0.05, 0) is 54.8 Å². The van der Waals surface area contributed by atoms with Gasteiger partial charge < -0.3 is 11.1 Å². The maximum absolute atomic E-state index is 11.2. The van der Waals surface area contributed by atoms with Crippen molar-refractivity contribution in [2.45, 2.75) is 19.5 Å². The molecule has 1 unspecified atom stereocenters. The second kappa shape index (κ2) is 8.04. The van der Waals surface area contributed by atoms with Crippen molar-refractivity contribution in [2.75, 3.05) is 19.6 Å². The minimum absolute atomic E-state index is 0.384. The fraction of sp³-hybridized carbons (Fsp3) is 0.368. The number of benzene rings is 1. The van der Waals surface area contributed by atoms with Crippen LogP contribution in [0.25, 0.3) is 0 Å². The van der Waals surface area contributed by atoms with E-state index in [-0.39, 0.29) is 5.91 Å². The predicted octanol–water partition coefficient (Wildman–Crippen LogP) is 1.79. The first-order valence-corrected chi connectivity index (χ1v) is 8.41. The molecule has 1 fully saturated rings. The first kappa shape index (κ1) is 16.6. The van der Waals surface area contributed by atoms with Crippen LogP contribution >= 0.6 is 0 Å². The number of rotatable bonds is 7. The van der Waals surface area contributed by atoms with Crippen molar-refractivity contribution in [1.29, 1.82) is 0 Å². The second-order valence-corrected chi connectivity index (χ2v) is 6.45. The Labute approximate surface area is 142 Å². The van der Waals surface area contributed by atoms with Gasteiger partial charge in [0.05, 0.1) is 0 Å². The quantitative estimate of drug-likeness (QED) is 0.814.